The van der Waals surface area contributed by atoms with Crippen LogP contribution in [0.5, 0.6) is 0 Å². The Kier molecular flexibility index (Phi) is 52.8. The van der Waals surface area contributed by atoms with E-state index in [1.165, 1.54) is 250 Å². The van der Waals surface area contributed by atoms with Crippen LogP contribution in [0.3, 0.4) is 0 Å². The minimum atomic E-state index is -0.527. The second kappa shape index (κ2) is 54.0. The van der Waals surface area contributed by atoms with Crippen LogP contribution < -0.4 is 0 Å². The lowest BCUT2D eigenvalue weighted by atomic mass is 10.0. The maximum absolute atomic E-state index is 12.8. The number of unbranched alkanes of at least 4 members (excludes halogenated alkanes) is 40. The molecule has 368 valence electrons. The molecule has 0 aromatic carbocycles. The SMILES string of the molecule is CCCCCCCC/C=C\CCCCCCCCCCCCOCC(COC(=O)CCCCCCCCCCCCCCC)OC(=O)CCCCCCCCCCCCCCC. The minimum Gasteiger partial charge on any atom is -0.462 e. The van der Waals surface area contributed by atoms with Crippen LogP contribution in [0.2, 0.25) is 0 Å². The number of hydrogen-bond donors (Lipinski definition) is 0. The van der Waals surface area contributed by atoms with E-state index in [9.17, 15) is 9.59 Å². The molecule has 0 aliphatic rings. The molecule has 5 nitrogen and oxygen atoms in total. The fraction of sp³-hybridized carbons (Fsp3) is 0.930. The van der Waals surface area contributed by atoms with Crippen LogP contribution in [-0.2, 0) is 23.8 Å². The molecule has 0 fully saturated rings. The van der Waals surface area contributed by atoms with Crippen molar-refractivity contribution < 1.29 is 23.8 Å². The molecule has 0 saturated heterocycles. The normalized spacial score (nSPS) is 12.1. The van der Waals surface area contributed by atoms with Crippen LogP contribution in [0.4, 0.5) is 0 Å². The summed E-state index contributed by atoms with van der Waals surface area (Å²) in [4.78, 5) is 25.4. The molecule has 0 saturated carbocycles. The van der Waals surface area contributed by atoms with Crippen molar-refractivity contribution in [2.45, 2.75) is 322 Å². The second-order valence-electron chi connectivity index (χ2n) is 19.2. The van der Waals surface area contributed by atoms with Crippen LogP contribution >= 0.6 is 0 Å². The summed E-state index contributed by atoms with van der Waals surface area (Å²) in [6.45, 7) is 7.89. The van der Waals surface area contributed by atoms with E-state index < -0.39 is 6.10 Å². The Morgan fingerprint density at radius 3 is 0.984 bits per heavy atom. The van der Waals surface area contributed by atoms with Gasteiger partial charge in [0.1, 0.15) is 6.61 Å². The van der Waals surface area contributed by atoms with E-state index in [2.05, 4.69) is 32.9 Å². The molecule has 0 aromatic heterocycles. The molecule has 0 aliphatic carbocycles. The van der Waals surface area contributed by atoms with Crippen molar-refractivity contribution >= 4 is 11.9 Å². The van der Waals surface area contributed by atoms with E-state index in [0.717, 1.165) is 32.1 Å². The van der Waals surface area contributed by atoms with E-state index >= 15 is 0 Å². The van der Waals surface area contributed by atoms with E-state index in [-0.39, 0.29) is 18.5 Å². The largest absolute Gasteiger partial charge is 0.462 e. The van der Waals surface area contributed by atoms with Crippen molar-refractivity contribution in [3.8, 4) is 0 Å². The van der Waals surface area contributed by atoms with Gasteiger partial charge in [-0.1, -0.05) is 270 Å². The van der Waals surface area contributed by atoms with E-state index in [4.69, 9.17) is 14.2 Å². The lowest BCUT2D eigenvalue weighted by molar-refractivity contribution is -0.163. The van der Waals surface area contributed by atoms with Gasteiger partial charge in [-0.05, 0) is 44.9 Å². The average Bonchev–Trinajstić information content (AvgIpc) is 3.27. The van der Waals surface area contributed by atoms with Crippen molar-refractivity contribution in [1.82, 2.24) is 0 Å². The lowest BCUT2D eigenvalue weighted by Gasteiger charge is -2.18. The summed E-state index contributed by atoms with van der Waals surface area (Å²) in [5, 5.41) is 0. The predicted octanol–water partition coefficient (Wildman–Crippen LogP) is 19.0. The fourth-order valence-corrected chi connectivity index (χ4v) is 8.57. The molecule has 0 aromatic rings. The van der Waals surface area contributed by atoms with E-state index in [0.29, 0.717) is 26.1 Å². The van der Waals surface area contributed by atoms with Gasteiger partial charge in [-0.25, -0.2) is 0 Å². The summed E-state index contributed by atoms with van der Waals surface area (Å²) < 4.78 is 17.5. The number of carbonyl (C=O) groups excluding carboxylic acids is 2. The van der Waals surface area contributed by atoms with Gasteiger partial charge in [-0.3, -0.25) is 9.59 Å². The van der Waals surface area contributed by atoms with Crippen LogP contribution in [0.25, 0.3) is 0 Å². The van der Waals surface area contributed by atoms with Gasteiger partial charge in [0.15, 0.2) is 6.10 Å². The maximum Gasteiger partial charge on any atom is 0.306 e. The monoisotopic (exact) mass is 875 g/mol. The van der Waals surface area contributed by atoms with Crippen LogP contribution in [0.15, 0.2) is 12.2 Å². The number of carbonyl (C=O) groups is 2. The number of esters is 2. The van der Waals surface area contributed by atoms with Gasteiger partial charge in [0, 0.05) is 19.4 Å². The van der Waals surface area contributed by atoms with E-state index in [1.807, 2.05) is 0 Å². The standard InChI is InChI=1S/C57H110O5/c1-4-7-10-13-16-19-22-25-26-27-28-29-30-31-34-37-40-43-46-49-52-60-53-55(62-57(59)51-48-45-42-39-36-33-24-21-18-15-12-9-6-3)54-61-56(58)50-47-44-41-38-35-32-23-20-17-14-11-8-5-2/h25-26,55H,4-24,27-54H2,1-3H3/b26-25-. The third-order valence-electron chi connectivity index (χ3n) is 12.8. The predicted molar refractivity (Wildman–Crippen MR) is 270 cm³/mol. The van der Waals surface area contributed by atoms with Crippen LogP contribution in [0.1, 0.15) is 316 Å². The first kappa shape index (κ1) is 60.6. The molecule has 0 heterocycles. The molecular formula is C57H110O5. The summed E-state index contributed by atoms with van der Waals surface area (Å²) in [5.41, 5.74) is 0. The zero-order chi connectivity index (χ0) is 44.9. The molecule has 0 aliphatic heterocycles. The van der Waals surface area contributed by atoms with Crippen molar-refractivity contribution in [3.63, 3.8) is 0 Å². The van der Waals surface area contributed by atoms with Gasteiger partial charge in [0.25, 0.3) is 0 Å². The van der Waals surface area contributed by atoms with Gasteiger partial charge in [0.05, 0.1) is 6.61 Å². The van der Waals surface area contributed by atoms with Gasteiger partial charge in [0.2, 0.25) is 0 Å². The molecule has 0 radical (unpaired) electrons. The Morgan fingerprint density at radius 2 is 0.629 bits per heavy atom. The average molecular weight is 876 g/mol. The second-order valence-corrected chi connectivity index (χ2v) is 19.2. The molecule has 5 heteroatoms. The van der Waals surface area contributed by atoms with Gasteiger partial charge < -0.3 is 14.2 Å². The third kappa shape index (κ3) is 51.3. The summed E-state index contributed by atoms with van der Waals surface area (Å²) in [6.07, 6.45) is 62.3. The Bertz CT molecular complexity index is 902. The number of rotatable bonds is 53. The Balaban J connectivity index is 4.16. The van der Waals surface area contributed by atoms with Crippen molar-refractivity contribution in [2.75, 3.05) is 19.8 Å². The van der Waals surface area contributed by atoms with Crippen molar-refractivity contribution in [2.24, 2.45) is 0 Å². The van der Waals surface area contributed by atoms with Gasteiger partial charge in [-0.15, -0.1) is 0 Å². The topological polar surface area (TPSA) is 61.8 Å². The van der Waals surface area contributed by atoms with Crippen molar-refractivity contribution in [3.05, 3.63) is 12.2 Å². The quantitative estimate of drug-likeness (QED) is 0.0346. The number of allylic oxidation sites excluding steroid dienone is 2. The summed E-state index contributed by atoms with van der Waals surface area (Å²) in [5.74, 6) is -0.373. The molecule has 0 amide bonds. The highest BCUT2D eigenvalue weighted by Gasteiger charge is 2.17. The third-order valence-corrected chi connectivity index (χ3v) is 12.8. The summed E-state index contributed by atoms with van der Waals surface area (Å²) >= 11 is 0. The highest BCUT2D eigenvalue weighted by molar-refractivity contribution is 5.70. The first-order chi connectivity index (χ1) is 30.6. The molecule has 1 unspecified atom stereocenters. The molecule has 62 heavy (non-hydrogen) atoms. The number of ether oxygens (including phenoxy) is 3. The van der Waals surface area contributed by atoms with Gasteiger partial charge >= 0.3 is 11.9 Å². The van der Waals surface area contributed by atoms with Gasteiger partial charge in [-0.2, -0.15) is 0 Å². The molecule has 0 bridgehead atoms. The highest BCUT2D eigenvalue weighted by atomic mass is 16.6. The first-order valence-electron chi connectivity index (χ1n) is 28.2. The molecule has 0 N–H and O–H groups in total. The zero-order valence-corrected chi connectivity index (χ0v) is 42.4. The molecule has 0 spiro atoms. The Hall–Kier alpha value is -1.36. The first-order valence-corrected chi connectivity index (χ1v) is 28.2. The Labute approximate surface area is 388 Å². The van der Waals surface area contributed by atoms with Crippen molar-refractivity contribution in [1.29, 1.82) is 0 Å². The summed E-state index contributed by atoms with van der Waals surface area (Å²) in [7, 11) is 0. The summed E-state index contributed by atoms with van der Waals surface area (Å²) in [6, 6.07) is 0. The highest BCUT2D eigenvalue weighted by Crippen LogP contribution is 2.17. The molecular weight excluding hydrogens is 765 g/mol. The number of hydrogen-bond acceptors (Lipinski definition) is 5. The minimum absolute atomic E-state index is 0.0948. The Morgan fingerprint density at radius 1 is 0.339 bits per heavy atom. The zero-order valence-electron chi connectivity index (χ0n) is 42.4. The smallest absolute Gasteiger partial charge is 0.306 e. The fourth-order valence-electron chi connectivity index (χ4n) is 8.57. The van der Waals surface area contributed by atoms with Crippen LogP contribution in [-0.4, -0.2) is 37.9 Å². The maximum atomic E-state index is 12.8. The van der Waals surface area contributed by atoms with Crippen LogP contribution in [0, 0.1) is 0 Å². The molecule has 1 atom stereocenters. The lowest BCUT2D eigenvalue weighted by Crippen LogP contribution is -2.30. The van der Waals surface area contributed by atoms with E-state index in [1.54, 1.807) is 0 Å². The molecule has 0 rings (SSSR count).